The number of pyridine rings is 1. The molecule has 2 rings (SSSR count). The van der Waals surface area contributed by atoms with Crippen LogP contribution in [0, 0.1) is 5.82 Å². The van der Waals surface area contributed by atoms with Gasteiger partial charge in [-0.05, 0) is 43.8 Å². The molecule has 1 amide bonds. The number of aromatic nitrogens is 1. The van der Waals surface area contributed by atoms with Gasteiger partial charge in [0.2, 0.25) is 5.88 Å². The Morgan fingerprint density at radius 2 is 2.00 bits per heavy atom. The van der Waals surface area contributed by atoms with E-state index in [0.29, 0.717) is 32.3 Å². The zero-order valence-electron chi connectivity index (χ0n) is 17.3. The van der Waals surface area contributed by atoms with Crippen LogP contribution >= 0.6 is 0 Å². The monoisotopic (exact) mass is 413 g/mol. The Morgan fingerprint density at radius 3 is 2.54 bits per heavy atom. The number of hydrogen-bond acceptors (Lipinski definition) is 5. The molecule has 9 heteroatoms. The van der Waals surface area contributed by atoms with E-state index in [1.165, 1.54) is 6.07 Å². The molecule has 1 aliphatic rings. The molecule has 0 aromatic carbocycles. The molecule has 7 nitrogen and oxygen atoms in total. The maximum Gasteiger partial charge on any atom is 0.405 e. The number of rotatable bonds is 6. The Kier molecular flexibility index (Phi) is 6.60. The quantitative estimate of drug-likeness (QED) is 0.518. The molecule has 4 N–H and O–H groups in total. The van der Waals surface area contributed by atoms with E-state index in [9.17, 15) is 19.4 Å². The minimum Gasteiger partial charge on any atom is -0.492 e. The van der Waals surface area contributed by atoms with Crippen molar-refractivity contribution >= 4 is 20.1 Å². The van der Waals surface area contributed by atoms with Crippen LogP contribution in [0.2, 0.25) is 18.1 Å². The third-order valence-electron chi connectivity index (χ3n) is 6.02. The summed E-state index contributed by atoms with van der Waals surface area (Å²) >= 11 is 0. The van der Waals surface area contributed by atoms with Crippen molar-refractivity contribution in [1.82, 2.24) is 10.3 Å². The highest BCUT2D eigenvalue weighted by atomic mass is 28.4. The molecule has 0 radical (unpaired) electrons. The van der Waals surface area contributed by atoms with Crippen molar-refractivity contribution < 1.29 is 23.8 Å². The third kappa shape index (κ3) is 5.57. The maximum atomic E-state index is 13.4. The molecule has 0 saturated heterocycles. The zero-order chi connectivity index (χ0) is 21.2. The molecule has 0 bridgehead atoms. The largest absolute Gasteiger partial charge is 0.492 e. The van der Waals surface area contributed by atoms with Gasteiger partial charge in [-0.15, -0.1) is 0 Å². The second kappa shape index (κ2) is 8.24. The van der Waals surface area contributed by atoms with Gasteiger partial charge in [0.05, 0.1) is 18.3 Å². The number of anilines is 1. The van der Waals surface area contributed by atoms with E-state index in [1.54, 1.807) is 0 Å². The summed E-state index contributed by atoms with van der Waals surface area (Å²) in [5.41, 5.74) is -0.386. The molecule has 0 spiro atoms. The Morgan fingerprint density at radius 1 is 1.39 bits per heavy atom. The first kappa shape index (κ1) is 22.4. The molecule has 1 saturated carbocycles. The number of nitrogens with one attached hydrogen (secondary N) is 2. The third-order valence-corrected chi connectivity index (χ3v) is 10.5. The number of carbonyl (C=O) groups is 1. The lowest BCUT2D eigenvalue weighted by Gasteiger charge is -2.44. The standard InChI is InChI=1S/C19H32FN3O4Si/c1-18(2,3)28(4,5)27-12-19(23-17(25)26)8-6-14(7-9-19)22-15-10-13(20)11-21-16(15)24/h10-11,14,22-23H,6-9,12H2,1-5H3,(H,21,24)(H,25,26)/t14-,19-. The number of amides is 1. The van der Waals surface area contributed by atoms with Crippen LogP contribution in [-0.4, -0.2) is 47.8 Å². The van der Waals surface area contributed by atoms with Crippen molar-refractivity contribution in [2.75, 3.05) is 11.9 Å². The van der Waals surface area contributed by atoms with Crippen LogP contribution in [0.4, 0.5) is 14.9 Å². The minimum absolute atomic E-state index is 0.00825. The van der Waals surface area contributed by atoms with Gasteiger partial charge in [0, 0.05) is 12.1 Å². The Labute approximate surface area is 166 Å². The predicted molar refractivity (Wildman–Crippen MR) is 109 cm³/mol. The maximum absolute atomic E-state index is 13.4. The normalized spacial score (nSPS) is 23.3. The molecule has 1 aromatic rings. The molecule has 1 aliphatic carbocycles. The molecule has 158 valence electrons. The second-order valence-electron chi connectivity index (χ2n) is 9.20. The van der Waals surface area contributed by atoms with Crippen LogP contribution in [0.15, 0.2) is 12.3 Å². The summed E-state index contributed by atoms with van der Waals surface area (Å²) in [6, 6.07) is 1.20. The van der Waals surface area contributed by atoms with Gasteiger partial charge in [-0.3, -0.25) is 0 Å². The Bertz CT molecular complexity index is 701. The first-order chi connectivity index (χ1) is 12.8. The highest BCUT2D eigenvalue weighted by Gasteiger charge is 2.42. The van der Waals surface area contributed by atoms with Gasteiger partial charge in [-0.2, -0.15) is 0 Å². The van der Waals surface area contributed by atoms with Crippen LogP contribution in [0.5, 0.6) is 5.88 Å². The summed E-state index contributed by atoms with van der Waals surface area (Å²) in [4.78, 5) is 15.0. The SMILES string of the molecule is CC(C)(C)[Si](C)(C)OC[C@]1(NC(=O)O)CC[C@H](Nc2cc(F)cnc2O)CC1. The molecular weight excluding hydrogens is 381 g/mol. The molecule has 28 heavy (non-hydrogen) atoms. The van der Waals surface area contributed by atoms with E-state index < -0.39 is 25.8 Å². The van der Waals surface area contributed by atoms with Gasteiger partial charge in [-0.25, -0.2) is 14.2 Å². The zero-order valence-corrected chi connectivity index (χ0v) is 18.3. The van der Waals surface area contributed by atoms with Crippen molar-refractivity contribution in [3.05, 3.63) is 18.1 Å². The molecule has 1 fully saturated rings. The van der Waals surface area contributed by atoms with Gasteiger partial charge < -0.3 is 25.3 Å². The highest BCUT2D eigenvalue weighted by Crippen LogP contribution is 2.39. The van der Waals surface area contributed by atoms with Gasteiger partial charge in [-0.1, -0.05) is 20.8 Å². The van der Waals surface area contributed by atoms with Crippen LogP contribution in [0.25, 0.3) is 0 Å². The minimum atomic E-state index is -2.01. The highest BCUT2D eigenvalue weighted by molar-refractivity contribution is 6.74. The van der Waals surface area contributed by atoms with Gasteiger partial charge >= 0.3 is 6.09 Å². The van der Waals surface area contributed by atoms with Crippen LogP contribution in [0.1, 0.15) is 46.5 Å². The van der Waals surface area contributed by atoms with Crippen molar-refractivity contribution in [2.45, 2.75) is 76.2 Å². The van der Waals surface area contributed by atoms with E-state index in [-0.39, 0.29) is 22.6 Å². The summed E-state index contributed by atoms with van der Waals surface area (Å²) < 4.78 is 19.7. The van der Waals surface area contributed by atoms with E-state index >= 15 is 0 Å². The summed E-state index contributed by atoms with van der Waals surface area (Å²) in [5, 5.41) is 25.0. The number of aromatic hydroxyl groups is 1. The Balaban J connectivity index is 2.04. The Hall–Kier alpha value is -1.87. The van der Waals surface area contributed by atoms with Gasteiger partial charge in [0.1, 0.15) is 11.5 Å². The summed E-state index contributed by atoms with van der Waals surface area (Å²) in [6.45, 7) is 11.1. The average Bonchev–Trinajstić information content (AvgIpc) is 2.57. The second-order valence-corrected chi connectivity index (χ2v) is 14.0. The number of hydrogen-bond donors (Lipinski definition) is 4. The predicted octanol–water partition coefficient (Wildman–Crippen LogP) is 4.31. The number of halogens is 1. The molecular formula is C19H32FN3O4Si. The van der Waals surface area contributed by atoms with E-state index in [2.05, 4.69) is 49.5 Å². The molecule has 1 heterocycles. The molecule has 0 atom stereocenters. The fraction of sp³-hybridized carbons (Fsp3) is 0.684. The summed E-state index contributed by atoms with van der Waals surface area (Å²) in [6.07, 6.45) is 2.41. The lowest BCUT2D eigenvalue weighted by Crippen LogP contribution is -2.57. The fourth-order valence-corrected chi connectivity index (χ4v) is 4.21. The van der Waals surface area contributed by atoms with Crippen LogP contribution in [0.3, 0.4) is 0 Å². The first-order valence-electron chi connectivity index (χ1n) is 9.60. The first-order valence-corrected chi connectivity index (χ1v) is 12.5. The van der Waals surface area contributed by atoms with Crippen molar-refractivity contribution in [3.63, 3.8) is 0 Å². The van der Waals surface area contributed by atoms with Crippen LogP contribution < -0.4 is 10.6 Å². The van der Waals surface area contributed by atoms with Gasteiger partial charge in [0.15, 0.2) is 8.32 Å². The molecule has 0 unspecified atom stereocenters. The smallest absolute Gasteiger partial charge is 0.405 e. The summed E-state index contributed by atoms with van der Waals surface area (Å²) in [5.74, 6) is -0.774. The summed E-state index contributed by atoms with van der Waals surface area (Å²) in [7, 11) is -2.01. The fourth-order valence-electron chi connectivity index (χ4n) is 3.14. The van der Waals surface area contributed by atoms with Crippen molar-refractivity contribution in [3.8, 4) is 5.88 Å². The number of nitrogens with zero attached hydrogens (tertiary/aromatic N) is 1. The average molecular weight is 414 g/mol. The topological polar surface area (TPSA) is 104 Å². The van der Waals surface area contributed by atoms with Gasteiger partial charge in [0.25, 0.3) is 0 Å². The number of carboxylic acid groups (broad SMARTS) is 1. The molecule has 1 aromatic heterocycles. The van der Waals surface area contributed by atoms with Crippen molar-refractivity contribution in [1.29, 1.82) is 0 Å². The van der Waals surface area contributed by atoms with Crippen LogP contribution in [-0.2, 0) is 4.43 Å². The van der Waals surface area contributed by atoms with E-state index in [1.807, 2.05) is 0 Å². The molecule has 0 aliphatic heterocycles. The van der Waals surface area contributed by atoms with Crippen molar-refractivity contribution in [2.24, 2.45) is 0 Å². The van der Waals surface area contributed by atoms with E-state index in [0.717, 1.165) is 6.20 Å². The lowest BCUT2D eigenvalue weighted by atomic mass is 9.80. The van der Waals surface area contributed by atoms with E-state index in [4.69, 9.17) is 4.43 Å². The lowest BCUT2D eigenvalue weighted by molar-refractivity contribution is 0.111.